The van der Waals surface area contributed by atoms with Gasteiger partial charge in [-0.15, -0.1) is 0 Å². The van der Waals surface area contributed by atoms with E-state index in [4.69, 9.17) is 10.00 Å². The summed E-state index contributed by atoms with van der Waals surface area (Å²) in [5, 5.41) is 11.6. The molecule has 1 heterocycles. The molecule has 2 rings (SSSR count). The molecule has 0 bridgehead atoms. The van der Waals surface area contributed by atoms with Crippen LogP contribution in [0, 0.1) is 11.3 Å². The maximum absolute atomic E-state index is 13.1. The summed E-state index contributed by atoms with van der Waals surface area (Å²) in [6, 6.07) is 5.06. The first kappa shape index (κ1) is 14.0. The molecule has 3 nitrogen and oxygen atoms in total. The molecule has 0 spiro atoms. The molecule has 0 saturated heterocycles. The van der Waals surface area contributed by atoms with E-state index in [9.17, 15) is 13.2 Å². The fourth-order valence-corrected chi connectivity index (χ4v) is 1.92. The molecule has 0 radical (unpaired) electrons. The molecule has 0 aromatic heterocycles. The monoisotopic (exact) mass is 280 g/mol. The minimum Gasteiger partial charge on any atom is -0.497 e. The maximum atomic E-state index is 13.1. The Morgan fingerprint density at radius 1 is 1.35 bits per heavy atom. The van der Waals surface area contributed by atoms with Crippen LogP contribution in [0.2, 0.25) is 0 Å². The second-order valence-electron chi connectivity index (χ2n) is 4.14. The van der Waals surface area contributed by atoms with Crippen molar-refractivity contribution in [2.45, 2.75) is 12.2 Å². The molecule has 1 aromatic carbocycles. The Labute approximate surface area is 114 Å². The van der Waals surface area contributed by atoms with E-state index in [0.717, 1.165) is 6.07 Å². The zero-order chi connectivity index (χ0) is 14.8. The standard InChI is InChI=1S/C14H11F3N2O/c1-20-11-2-3-12(13(7-11)14(15,16)17)9-4-5-19-10(6-9)8-18/h2-7,10,19H,1H3. The van der Waals surface area contributed by atoms with E-state index in [1.807, 2.05) is 6.07 Å². The van der Waals surface area contributed by atoms with Gasteiger partial charge in [0.25, 0.3) is 0 Å². The molecule has 20 heavy (non-hydrogen) atoms. The van der Waals surface area contributed by atoms with Crippen molar-refractivity contribution in [1.29, 1.82) is 5.26 Å². The van der Waals surface area contributed by atoms with Gasteiger partial charge in [0.15, 0.2) is 0 Å². The molecule has 104 valence electrons. The summed E-state index contributed by atoms with van der Waals surface area (Å²) < 4.78 is 44.2. The first-order chi connectivity index (χ1) is 9.45. The summed E-state index contributed by atoms with van der Waals surface area (Å²) in [6.45, 7) is 0. The first-order valence-electron chi connectivity index (χ1n) is 5.75. The fourth-order valence-electron chi connectivity index (χ4n) is 1.92. The number of nitriles is 1. The van der Waals surface area contributed by atoms with Gasteiger partial charge in [0.2, 0.25) is 0 Å². The number of nitrogens with zero attached hydrogens (tertiary/aromatic N) is 1. The summed E-state index contributed by atoms with van der Waals surface area (Å²) in [5.74, 6) is 0.136. The Balaban J connectivity index is 2.54. The number of allylic oxidation sites excluding steroid dienone is 2. The molecule has 6 heteroatoms. The van der Waals surface area contributed by atoms with E-state index in [0.29, 0.717) is 5.57 Å². The number of methoxy groups -OCH3 is 1. The lowest BCUT2D eigenvalue weighted by atomic mass is 9.96. The second kappa shape index (κ2) is 5.29. The zero-order valence-electron chi connectivity index (χ0n) is 10.5. The van der Waals surface area contributed by atoms with Crippen molar-refractivity contribution in [3.05, 3.63) is 47.7 Å². The summed E-state index contributed by atoms with van der Waals surface area (Å²) in [7, 11) is 1.31. The van der Waals surface area contributed by atoms with Crippen LogP contribution < -0.4 is 10.1 Å². The third-order valence-electron chi connectivity index (χ3n) is 2.87. The highest BCUT2D eigenvalue weighted by molar-refractivity contribution is 5.78. The molecule has 0 aliphatic carbocycles. The number of dihydropyridines is 1. The van der Waals surface area contributed by atoms with Crippen LogP contribution >= 0.6 is 0 Å². The highest BCUT2D eigenvalue weighted by Gasteiger charge is 2.34. The molecule has 1 aromatic rings. The average molecular weight is 280 g/mol. The van der Waals surface area contributed by atoms with Crippen molar-refractivity contribution in [3.63, 3.8) is 0 Å². The zero-order valence-corrected chi connectivity index (χ0v) is 10.5. The van der Waals surface area contributed by atoms with Gasteiger partial charge >= 0.3 is 6.18 Å². The summed E-state index contributed by atoms with van der Waals surface area (Å²) in [6.07, 6.45) is -0.0683. The van der Waals surface area contributed by atoms with Crippen molar-refractivity contribution in [1.82, 2.24) is 5.32 Å². The van der Waals surface area contributed by atoms with E-state index >= 15 is 0 Å². The Morgan fingerprint density at radius 2 is 2.10 bits per heavy atom. The van der Waals surface area contributed by atoms with Gasteiger partial charge < -0.3 is 10.1 Å². The largest absolute Gasteiger partial charge is 0.497 e. The number of rotatable bonds is 2. The minimum absolute atomic E-state index is 0.0244. The predicted octanol–water partition coefficient (Wildman–Crippen LogP) is 3.11. The van der Waals surface area contributed by atoms with E-state index in [-0.39, 0.29) is 11.3 Å². The third-order valence-corrected chi connectivity index (χ3v) is 2.87. The normalized spacial score (nSPS) is 17.9. The summed E-state index contributed by atoms with van der Waals surface area (Å²) >= 11 is 0. The number of nitrogens with one attached hydrogen (secondary N) is 1. The molecule has 0 fully saturated rings. The summed E-state index contributed by atoms with van der Waals surface area (Å²) in [5.41, 5.74) is -0.409. The van der Waals surface area contributed by atoms with Gasteiger partial charge in [0, 0.05) is 0 Å². The Bertz CT molecular complexity index is 612. The summed E-state index contributed by atoms with van der Waals surface area (Å²) in [4.78, 5) is 0. The second-order valence-corrected chi connectivity index (χ2v) is 4.14. The van der Waals surface area contributed by atoms with E-state index < -0.39 is 17.8 Å². The van der Waals surface area contributed by atoms with Crippen LogP contribution in [0.15, 0.2) is 36.6 Å². The van der Waals surface area contributed by atoms with E-state index in [2.05, 4.69) is 5.32 Å². The molecular formula is C14H11F3N2O. The van der Waals surface area contributed by atoms with Crippen molar-refractivity contribution in [3.8, 4) is 11.8 Å². The third kappa shape index (κ3) is 2.77. The van der Waals surface area contributed by atoms with E-state index in [1.165, 1.54) is 37.6 Å². The highest BCUT2D eigenvalue weighted by Crippen LogP contribution is 2.38. The van der Waals surface area contributed by atoms with Gasteiger partial charge in [-0.1, -0.05) is 6.07 Å². The van der Waals surface area contributed by atoms with Gasteiger partial charge in [0.1, 0.15) is 11.8 Å². The number of ether oxygens (including phenoxy) is 1. The van der Waals surface area contributed by atoms with Crippen LogP contribution in [0.3, 0.4) is 0 Å². The molecule has 0 amide bonds. The fraction of sp³-hybridized carbons (Fsp3) is 0.214. The first-order valence-corrected chi connectivity index (χ1v) is 5.75. The Hall–Kier alpha value is -2.42. The Morgan fingerprint density at radius 3 is 2.70 bits per heavy atom. The number of hydrogen-bond donors (Lipinski definition) is 1. The molecule has 1 N–H and O–H groups in total. The number of benzene rings is 1. The number of hydrogen-bond acceptors (Lipinski definition) is 3. The molecule has 1 aliphatic heterocycles. The van der Waals surface area contributed by atoms with Crippen LogP contribution in [-0.2, 0) is 6.18 Å². The quantitative estimate of drug-likeness (QED) is 0.905. The predicted molar refractivity (Wildman–Crippen MR) is 67.6 cm³/mol. The molecule has 1 unspecified atom stereocenters. The Kier molecular flexibility index (Phi) is 3.70. The van der Waals surface area contributed by atoms with E-state index in [1.54, 1.807) is 0 Å². The van der Waals surface area contributed by atoms with Crippen LogP contribution in [0.4, 0.5) is 13.2 Å². The van der Waals surface area contributed by atoms with Gasteiger partial charge in [-0.05, 0) is 41.6 Å². The maximum Gasteiger partial charge on any atom is 0.417 e. The van der Waals surface area contributed by atoms with Crippen molar-refractivity contribution in [2.24, 2.45) is 0 Å². The van der Waals surface area contributed by atoms with Crippen LogP contribution in [0.1, 0.15) is 11.1 Å². The minimum atomic E-state index is -4.49. The SMILES string of the molecule is COc1ccc(C2=CC(C#N)NC=C2)c(C(F)(F)F)c1. The number of alkyl halides is 3. The van der Waals surface area contributed by atoms with Crippen molar-refractivity contribution >= 4 is 5.57 Å². The lowest BCUT2D eigenvalue weighted by Crippen LogP contribution is -2.22. The van der Waals surface area contributed by atoms with Crippen LogP contribution in [0.5, 0.6) is 5.75 Å². The van der Waals surface area contributed by atoms with Gasteiger partial charge in [-0.25, -0.2) is 0 Å². The highest BCUT2D eigenvalue weighted by atomic mass is 19.4. The van der Waals surface area contributed by atoms with Gasteiger partial charge in [0.05, 0.1) is 18.7 Å². The van der Waals surface area contributed by atoms with Gasteiger partial charge in [-0.3, -0.25) is 0 Å². The molecular weight excluding hydrogens is 269 g/mol. The molecule has 1 aliphatic rings. The van der Waals surface area contributed by atoms with Crippen LogP contribution in [-0.4, -0.2) is 13.2 Å². The lowest BCUT2D eigenvalue weighted by Gasteiger charge is -2.18. The topological polar surface area (TPSA) is 45.0 Å². The van der Waals surface area contributed by atoms with Crippen LogP contribution in [0.25, 0.3) is 5.57 Å². The molecule has 1 atom stereocenters. The van der Waals surface area contributed by atoms with Crippen molar-refractivity contribution in [2.75, 3.05) is 7.11 Å². The molecule has 0 saturated carbocycles. The van der Waals surface area contributed by atoms with Crippen molar-refractivity contribution < 1.29 is 17.9 Å². The number of halogens is 3. The average Bonchev–Trinajstić information content (AvgIpc) is 2.45. The smallest absolute Gasteiger partial charge is 0.417 e. The lowest BCUT2D eigenvalue weighted by molar-refractivity contribution is -0.137. The van der Waals surface area contributed by atoms with Gasteiger partial charge in [-0.2, -0.15) is 18.4 Å².